The summed E-state index contributed by atoms with van der Waals surface area (Å²) in [7, 11) is 0. The van der Waals surface area contributed by atoms with Crippen molar-refractivity contribution in [1.82, 2.24) is 5.32 Å². The summed E-state index contributed by atoms with van der Waals surface area (Å²) in [5.74, 6) is 1.84. The molecule has 1 fully saturated rings. The van der Waals surface area contributed by atoms with Crippen molar-refractivity contribution in [3.8, 4) is 0 Å². The van der Waals surface area contributed by atoms with Crippen LogP contribution in [-0.2, 0) is 0 Å². The van der Waals surface area contributed by atoms with Gasteiger partial charge in [0.2, 0.25) is 0 Å². The molecule has 0 heterocycles. The Morgan fingerprint density at radius 2 is 1.71 bits per heavy atom. The van der Waals surface area contributed by atoms with Gasteiger partial charge in [-0.25, -0.2) is 0 Å². The molecule has 17 heavy (non-hydrogen) atoms. The van der Waals surface area contributed by atoms with Crippen molar-refractivity contribution in [2.45, 2.75) is 84.6 Å². The van der Waals surface area contributed by atoms with E-state index in [1.807, 2.05) is 0 Å². The van der Waals surface area contributed by atoms with Crippen molar-refractivity contribution in [2.75, 3.05) is 6.54 Å². The Labute approximate surface area is 109 Å². The second-order valence-electron chi connectivity index (χ2n) is 6.06. The van der Waals surface area contributed by atoms with E-state index in [2.05, 4.69) is 26.1 Å². The van der Waals surface area contributed by atoms with Crippen LogP contribution in [0.3, 0.4) is 0 Å². The van der Waals surface area contributed by atoms with E-state index >= 15 is 0 Å². The lowest BCUT2D eigenvalue weighted by molar-refractivity contribution is 0.272. The molecule has 2 atom stereocenters. The molecular formula is C16H33N. The summed E-state index contributed by atoms with van der Waals surface area (Å²) in [6, 6.07) is 0.794. The van der Waals surface area contributed by atoms with Crippen LogP contribution in [0.5, 0.6) is 0 Å². The summed E-state index contributed by atoms with van der Waals surface area (Å²) < 4.78 is 0. The Morgan fingerprint density at radius 1 is 1.06 bits per heavy atom. The van der Waals surface area contributed by atoms with Crippen molar-refractivity contribution in [3.05, 3.63) is 0 Å². The third kappa shape index (κ3) is 5.90. The molecule has 1 saturated carbocycles. The van der Waals surface area contributed by atoms with Crippen LogP contribution in [0.1, 0.15) is 78.6 Å². The number of hydrogen-bond donors (Lipinski definition) is 1. The van der Waals surface area contributed by atoms with Gasteiger partial charge in [0.1, 0.15) is 0 Å². The molecule has 0 saturated heterocycles. The van der Waals surface area contributed by atoms with Crippen molar-refractivity contribution in [1.29, 1.82) is 0 Å². The Hall–Kier alpha value is -0.0400. The maximum atomic E-state index is 3.83. The molecule has 0 aromatic rings. The summed E-state index contributed by atoms with van der Waals surface area (Å²) in [6.07, 6.45) is 12.8. The Balaban J connectivity index is 2.46. The maximum Gasteiger partial charge on any atom is 0.00978 e. The van der Waals surface area contributed by atoms with Crippen LogP contribution in [-0.4, -0.2) is 12.6 Å². The predicted molar refractivity (Wildman–Crippen MR) is 77.3 cm³/mol. The summed E-state index contributed by atoms with van der Waals surface area (Å²) in [6.45, 7) is 8.23. The van der Waals surface area contributed by atoms with E-state index in [0.717, 1.165) is 17.9 Å². The molecule has 2 unspecified atom stereocenters. The third-order valence-corrected chi connectivity index (χ3v) is 4.48. The lowest BCUT2D eigenvalue weighted by Gasteiger charge is -2.29. The molecule has 0 bridgehead atoms. The highest BCUT2D eigenvalue weighted by Gasteiger charge is 2.23. The number of nitrogens with one attached hydrogen (secondary N) is 1. The Bertz CT molecular complexity index is 170. The topological polar surface area (TPSA) is 12.0 Å². The summed E-state index contributed by atoms with van der Waals surface area (Å²) in [5, 5.41) is 3.83. The molecule has 1 nitrogen and oxygen atoms in total. The first-order valence-corrected chi connectivity index (χ1v) is 8.01. The summed E-state index contributed by atoms with van der Waals surface area (Å²) in [5.41, 5.74) is 0. The lowest BCUT2D eigenvalue weighted by atomic mass is 9.85. The molecule has 0 aliphatic heterocycles. The van der Waals surface area contributed by atoms with E-state index in [-0.39, 0.29) is 0 Å². The van der Waals surface area contributed by atoms with Gasteiger partial charge < -0.3 is 5.32 Å². The molecule has 0 spiro atoms. The zero-order chi connectivity index (χ0) is 12.5. The average molecular weight is 239 g/mol. The fourth-order valence-electron chi connectivity index (χ4n) is 3.09. The number of rotatable bonds is 7. The second kappa shape index (κ2) is 8.97. The fraction of sp³-hybridized carbons (Fsp3) is 1.00. The van der Waals surface area contributed by atoms with Crippen LogP contribution in [0.25, 0.3) is 0 Å². The standard InChI is InChI=1S/C16H33N/c1-4-12-17-16(13-14(3)5-2)15-10-8-6-7-9-11-15/h14-17H,4-13H2,1-3H3. The molecule has 0 radical (unpaired) electrons. The average Bonchev–Trinajstić information content (AvgIpc) is 2.62. The molecule has 0 aromatic carbocycles. The first-order chi connectivity index (χ1) is 8.27. The molecular weight excluding hydrogens is 206 g/mol. The molecule has 0 aromatic heterocycles. The normalized spacial score (nSPS) is 22.1. The van der Waals surface area contributed by atoms with E-state index in [0.29, 0.717) is 0 Å². The van der Waals surface area contributed by atoms with Crippen molar-refractivity contribution in [2.24, 2.45) is 11.8 Å². The van der Waals surface area contributed by atoms with Gasteiger partial charge in [-0.05, 0) is 44.1 Å². The van der Waals surface area contributed by atoms with Gasteiger partial charge in [-0.15, -0.1) is 0 Å². The van der Waals surface area contributed by atoms with Crippen molar-refractivity contribution >= 4 is 0 Å². The molecule has 1 heteroatoms. The summed E-state index contributed by atoms with van der Waals surface area (Å²) in [4.78, 5) is 0. The molecule has 102 valence electrons. The smallest absolute Gasteiger partial charge is 0.00978 e. The van der Waals surface area contributed by atoms with Crippen LogP contribution < -0.4 is 5.32 Å². The van der Waals surface area contributed by atoms with Gasteiger partial charge in [-0.2, -0.15) is 0 Å². The molecule has 0 amide bonds. The van der Waals surface area contributed by atoms with E-state index < -0.39 is 0 Å². The molecule has 1 aliphatic carbocycles. The molecule has 1 aliphatic rings. The largest absolute Gasteiger partial charge is 0.314 e. The first kappa shape index (κ1) is 15.0. The zero-order valence-corrected chi connectivity index (χ0v) is 12.3. The van der Waals surface area contributed by atoms with Crippen LogP contribution in [0.4, 0.5) is 0 Å². The lowest BCUT2D eigenvalue weighted by Crippen LogP contribution is -2.38. The second-order valence-corrected chi connectivity index (χ2v) is 6.06. The van der Waals surface area contributed by atoms with Crippen LogP contribution in [0, 0.1) is 11.8 Å². The Kier molecular flexibility index (Phi) is 7.92. The predicted octanol–water partition coefficient (Wildman–Crippen LogP) is 4.76. The van der Waals surface area contributed by atoms with Gasteiger partial charge >= 0.3 is 0 Å². The minimum atomic E-state index is 0.794. The maximum absolute atomic E-state index is 3.83. The minimum Gasteiger partial charge on any atom is -0.314 e. The van der Waals surface area contributed by atoms with Gasteiger partial charge in [0, 0.05) is 6.04 Å². The quantitative estimate of drug-likeness (QED) is 0.632. The fourth-order valence-corrected chi connectivity index (χ4v) is 3.09. The van der Waals surface area contributed by atoms with E-state index in [4.69, 9.17) is 0 Å². The zero-order valence-electron chi connectivity index (χ0n) is 12.3. The first-order valence-electron chi connectivity index (χ1n) is 8.01. The van der Waals surface area contributed by atoms with Gasteiger partial charge in [-0.1, -0.05) is 52.9 Å². The molecule has 1 N–H and O–H groups in total. The van der Waals surface area contributed by atoms with E-state index in [1.54, 1.807) is 0 Å². The van der Waals surface area contributed by atoms with Crippen molar-refractivity contribution in [3.63, 3.8) is 0 Å². The highest BCUT2D eigenvalue weighted by atomic mass is 14.9. The monoisotopic (exact) mass is 239 g/mol. The van der Waals surface area contributed by atoms with Gasteiger partial charge in [0.25, 0.3) is 0 Å². The van der Waals surface area contributed by atoms with E-state index in [1.165, 1.54) is 64.3 Å². The van der Waals surface area contributed by atoms with E-state index in [9.17, 15) is 0 Å². The van der Waals surface area contributed by atoms with Crippen LogP contribution in [0.2, 0.25) is 0 Å². The third-order valence-electron chi connectivity index (χ3n) is 4.48. The van der Waals surface area contributed by atoms with Crippen LogP contribution in [0.15, 0.2) is 0 Å². The van der Waals surface area contributed by atoms with Crippen LogP contribution >= 0.6 is 0 Å². The summed E-state index contributed by atoms with van der Waals surface area (Å²) >= 11 is 0. The highest BCUT2D eigenvalue weighted by Crippen LogP contribution is 2.28. The molecule has 1 rings (SSSR count). The van der Waals surface area contributed by atoms with Crippen molar-refractivity contribution < 1.29 is 0 Å². The van der Waals surface area contributed by atoms with Gasteiger partial charge in [0.05, 0.1) is 0 Å². The Morgan fingerprint density at radius 3 is 2.24 bits per heavy atom. The SMILES string of the molecule is CCCNC(CC(C)CC)C1CCCCCC1. The minimum absolute atomic E-state index is 0.794. The van der Waals surface area contributed by atoms with Gasteiger partial charge in [-0.3, -0.25) is 0 Å². The van der Waals surface area contributed by atoms with Gasteiger partial charge in [0.15, 0.2) is 0 Å². The highest BCUT2D eigenvalue weighted by molar-refractivity contribution is 4.80. The number of hydrogen-bond acceptors (Lipinski definition) is 1.